The number of hydrogen-bond donors (Lipinski definition) is 1. The summed E-state index contributed by atoms with van der Waals surface area (Å²) in [5.41, 5.74) is 1.18. The third-order valence-electron chi connectivity index (χ3n) is 2.88. The quantitative estimate of drug-likeness (QED) is 0.872. The monoisotopic (exact) mass is 246 g/mol. The van der Waals surface area contributed by atoms with E-state index in [1.165, 1.54) is 5.56 Å². The van der Waals surface area contributed by atoms with Gasteiger partial charge in [-0.25, -0.2) is 0 Å². The molecule has 0 spiro atoms. The first-order valence-corrected chi connectivity index (χ1v) is 5.91. The summed E-state index contributed by atoms with van der Waals surface area (Å²) in [6.07, 6.45) is 1.71. The standard InChI is InChI=1S/C13H18N4O/c1-10(13-16-15-9-17(13)2)14-8-11-5-4-6-12(7-11)18-3/h4-7,9-10,14H,8H2,1-3H3. The molecule has 1 aromatic heterocycles. The average molecular weight is 246 g/mol. The number of hydrogen-bond acceptors (Lipinski definition) is 4. The van der Waals surface area contributed by atoms with E-state index in [9.17, 15) is 0 Å². The molecule has 0 fully saturated rings. The van der Waals surface area contributed by atoms with Gasteiger partial charge in [0.2, 0.25) is 0 Å². The van der Waals surface area contributed by atoms with Gasteiger partial charge in [-0.3, -0.25) is 0 Å². The van der Waals surface area contributed by atoms with Crippen LogP contribution in [0.15, 0.2) is 30.6 Å². The summed E-state index contributed by atoms with van der Waals surface area (Å²) >= 11 is 0. The van der Waals surface area contributed by atoms with Gasteiger partial charge in [-0.15, -0.1) is 10.2 Å². The van der Waals surface area contributed by atoms with E-state index in [0.717, 1.165) is 18.1 Å². The molecule has 0 amide bonds. The second-order valence-corrected chi connectivity index (χ2v) is 4.25. The number of benzene rings is 1. The van der Waals surface area contributed by atoms with Crippen LogP contribution in [-0.4, -0.2) is 21.9 Å². The molecule has 0 bridgehead atoms. The van der Waals surface area contributed by atoms with Crippen molar-refractivity contribution in [1.29, 1.82) is 0 Å². The fraction of sp³-hybridized carbons (Fsp3) is 0.385. The van der Waals surface area contributed by atoms with Crippen LogP contribution in [0.3, 0.4) is 0 Å². The maximum Gasteiger partial charge on any atom is 0.149 e. The van der Waals surface area contributed by atoms with E-state index < -0.39 is 0 Å². The van der Waals surface area contributed by atoms with Gasteiger partial charge in [-0.1, -0.05) is 12.1 Å². The number of ether oxygens (including phenoxy) is 1. The molecule has 96 valence electrons. The lowest BCUT2D eigenvalue weighted by atomic mass is 10.2. The Morgan fingerprint density at radius 1 is 1.44 bits per heavy atom. The molecule has 0 radical (unpaired) electrons. The molecule has 1 atom stereocenters. The molecule has 0 saturated carbocycles. The molecule has 0 aliphatic carbocycles. The maximum atomic E-state index is 5.20. The van der Waals surface area contributed by atoms with Crippen molar-refractivity contribution in [1.82, 2.24) is 20.1 Å². The third-order valence-corrected chi connectivity index (χ3v) is 2.88. The van der Waals surface area contributed by atoms with Crippen molar-refractivity contribution in [3.8, 4) is 5.75 Å². The molecule has 2 aromatic rings. The number of nitrogens with zero attached hydrogens (tertiary/aromatic N) is 3. The summed E-state index contributed by atoms with van der Waals surface area (Å²) in [7, 11) is 3.62. The molecule has 1 heterocycles. The number of nitrogens with one attached hydrogen (secondary N) is 1. The van der Waals surface area contributed by atoms with Gasteiger partial charge < -0.3 is 14.6 Å². The van der Waals surface area contributed by atoms with Gasteiger partial charge in [-0.2, -0.15) is 0 Å². The number of rotatable bonds is 5. The second kappa shape index (κ2) is 5.64. The van der Waals surface area contributed by atoms with E-state index >= 15 is 0 Å². The van der Waals surface area contributed by atoms with Crippen LogP contribution in [0.25, 0.3) is 0 Å². The zero-order valence-corrected chi connectivity index (χ0v) is 10.9. The van der Waals surface area contributed by atoms with Crippen molar-refractivity contribution in [2.45, 2.75) is 19.5 Å². The summed E-state index contributed by atoms with van der Waals surface area (Å²) in [6.45, 7) is 2.84. The van der Waals surface area contributed by atoms with E-state index in [0.29, 0.717) is 0 Å². The molecule has 1 N–H and O–H groups in total. The minimum atomic E-state index is 0.156. The van der Waals surface area contributed by atoms with E-state index in [2.05, 4.69) is 28.5 Å². The molecule has 5 nitrogen and oxygen atoms in total. The fourth-order valence-electron chi connectivity index (χ4n) is 1.83. The molecule has 1 aromatic carbocycles. The number of aryl methyl sites for hydroxylation is 1. The van der Waals surface area contributed by atoms with Crippen LogP contribution in [-0.2, 0) is 13.6 Å². The van der Waals surface area contributed by atoms with Gasteiger partial charge in [0.15, 0.2) is 0 Å². The minimum absolute atomic E-state index is 0.156. The highest BCUT2D eigenvalue weighted by Gasteiger charge is 2.10. The van der Waals surface area contributed by atoms with E-state index in [1.807, 2.05) is 29.8 Å². The van der Waals surface area contributed by atoms with Crippen LogP contribution >= 0.6 is 0 Å². The predicted octanol–water partition coefficient (Wildman–Crippen LogP) is 1.67. The Morgan fingerprint density at radius 3 is 2.94 bits per heavy atom. The van der Waals surface area contributed by atoms with Crippen LogP contribution in [0.1, 0.15) is 24.4 Å². The summed E-state index contributed by atoms with van der Waals surface area (Å²) in [6, 6.07) is 8.18. The number of aromatic nitrogens is 3. The van der Waals surface area contributed by atoms with Gasteiger partial charge in [0.05, 0.1) is 13.2 Å². The van der Waals surface area contributed by atoms with Crippen molar-refractivity contribution >= 4 is 0 Å². The molecule has 0 aliphatic heterocycles. The van der Waals surface area contributed by atoms with Crippen LogP contribution in [0, 0.1) is 0 Å². The first kappa shape index (κ1) is 12.6. The molecule has 1 unspecified atom stereocenters. The smallest absolute Gasteiger partial charge is 0.149 e. The lowest BCUT2D eigenvalue weighted by Crippen LogP contribution is -2.21. The molecule has 5 heteroatoms. The highest BCUT2D eigenvalue weighted by molar-refractivity contribution is 5.28. The lowest BCUT2D eigenvalue weighted by Gasteiger charge is -2.13. The van der Waals surface area contributed by atoms with Crippen molar-refractivity contribution in [2.75, 3.05) is 7.11 Å². The Labute approximate surface area is 107 Å². The Morgan fingerprint density at radius 2 is 2.28 bits per heavy atom. The van der Waals surface area contributed by atoms with Crippen LogP contribution in [0.4, 0.5) is 0 Å². The molecular weight excluding hydrogens is 228 g/mol. The second-order valence-electron chi connectivity index (χ2n) is 4.25. The van der Waals surface area contributed by atoms with Crippen LogP contribution in [0.5, 0.6) is 5.75 Å². The van der Waals surface area contributed by atoms with Crippen LogP contribution < -0.4 is 10.1 Å². The molecule has 0 saturated heterocycles. The average Bonchev–Trinajstić information content (AvgIpc) is 2.82. The van der Waals surface area contributed by atoms with Crippen molar-refractivity contribution in [3.63, 3.8) is 0 Å². The molecule has 0 aliphatic rings. The molecule has 2 rings (SSSR count). The highest BCUT2D eigenvalue weighted by Crippen LogP contribution is 2.14. The normalized spacial score (nSPS) is 12.4. The predicted molar refractivity (Wildman–Crippen MR) is 69.3 cm³/mol. The Balaban J connectivity index is 1.97. The Kier molecular flexibility index (Phi) is 3.94. The van der Waals surface area contributed by atoms with Crippen molar-refractivity contribution in [3.05, 3.63) is 42.0 Å². The zero-order valence-electron chi connectivity index (χ0n) is 10.9. The van der Waals surface area contributed by atoms with Crippen molar-refractivity contribution < 1.29 is 4.74 Å². The largest absolute Gasteiger partial charge is 0.497 e. The minimum Gasteiger partial charge on any atom is -0.497 e. The lowest BCUT2D eigenvalue weighted by molar-refractivity contribution is 0.413. The van der Waals surface area contributed by atoms with Gasteiger partial charge in [0, 0.05) is 13.6 Å². The van der Waals surface area contributed by atoms with Crippen LogP contribution in [0.2, 0.25) is 0 Å². The maximum absolute atomic E-state index is 5.20. The highest BCUT2D eigenvalue weighted by atomic mass is 16.5. The number of methoxy groups -OCH3 is 1. The van der Waals surface area contributed by atoms with E-state index in [-0.39, 0.29) is 6.04 Å². The molecular formula is C13H18N4O. The summed E-state index contributed by atoms with van der Waals surface area (Å²) < 4.78 is 7.12. The Hall–Kier alpha value is -1.88. The van der Waals surface area contributed by atoms with Crippen molar-refractivity contribution in [2.24, 2.45) is 7.05 Å². The van der Waals surface area contributed by atoms with Gasteiger partial charge in [0.1, 0.15) is 17.9 Å². The third kappa shape index (κ3) is 2.87. The van der Waals surface area contributed by atoms with E-state index in [4.69, 9.17) is 4.74 Å². The topological polar surface area (TPSA) is 52.0 Å². The van der Waals surface area contributed by atoms with Gasteiger partial charge in [-0.05, 0) is 24.6 Å². The van der Waals surface area contributed by atoms with Gasteiger partial charge >= 0.3 is 0 Å². The first-order valence-electron chi connectivity index (χ1n) is 5.91. The van der Waals surface area contributed by atoms with Gasteiger partial charge in [0.25, 0.3) is 0 Å². The summed E-state index contributed by atoms with van der Waals surface area (Å²) in [5, 5.41) is 11.4. The first-order chi connectivity index (χ1) is 8.70. The fourth-order valence-corrected chi connectivity index (χ4v) is 1.83. The zero-order chi connectivity index (χ0) is 13.0. The summed E-state index contributed by atoms with van der Waals surface area (Å²) in [4.78, 5) is 0. The molecule has 18 heavy (non-hydrogen) atoms. The van der Waals surface area contributed by atoms with E-state index in [1.54, 1.807) is 13.4 Å². The summed E-state index contributed by atoms with van der Waals surface area (Å²) in [5.74, 6) is 1.80. The SMILES string of the molecule is COc1cccc(CNC(C)c2nncn2C)c1. The Bertz CT molecular complexity index is 509.